The summed E-state index contributed by atoms with van der Waals surface area (Å²) in [5.41, 5.74) is 0.344. The summed E-state index contributed by atoms with van der Waals surface area (Å²) in [4.78, 5) is 26.7. The van der Waals surface area contributed by atoms with Gasteiger partial charge in [-0.15, -0.1) is 0 Å². The Morgan fingerprint density at radius 2 is 1.96 bits per heavy atom. The number of benzene rings is 1. The normalized spacial score (nSPS) is 18.0. The monoisotopic (exact) mass is 346 g/mol. The number of aryl methyl sites for hydroxylation is 1. The SMILES string of the molecule is CC(C)n1c(C2CCCN(C(=O)c3ccc(F)cc3)C2)nn(C)c1=O. The van der Waals surface area contributed by atoms with E-state index in [1.807, 2.05) is 13.8 Å². The van der Waals surface area contributed by atoms with Gasteiger partial charge in [-0.05, 0) is 51.0 Å². The third kappa shape index (κ3) is 3.36. The highest BCUT2D eigenvalue weighted by atomic mass is 19.1. The van der Waals surface area contributed by atoms with E-state index in [4.69, 9.17) is 0 Å². The average Bonchev–Trinajstić information content (AvgIpc) is 2.90. The summed E-state index contributed by atoms with van der Waals surface area (Å²) in [6.45, 7) is 5.08. The average molecular weight is 346 g/mol. The Labute approximate surface area is 145 Å². The topological polar surface area (TPSA) is 60.1 Å². The van der Waals surface area contributed by atoms with Crippen LogP contribution in [0.15, 0.2) is 29.1 Å². The van der Waals surface area contributed by atoms with Crippen LogP contribution in [0.2, 0.25) is 0 Å². The van der Waals surface area contributed by atoms with Crippen molar-refractivity contribution in [1.29, 1.82) is 0 Å². The molecular weight excluding hydrogens is 323 g/mol. The van der Waals surface area contributed by atoms with Gasteiger partial charge in [-0.3, -0.25) is 9.36 Å². The molecule has 7 heteroatoms. The molecule has 1 aliphatic rings. The van der Waals surface area contributed by atoms with Crippen molar-refractivity contribution in [2.75, 3.05) is 13.1 Å². The zero-order chi connectivity index (χ0) is 18.1. The fourth-order valence-electron chi connectivity index (χ4n) is 3.41. The second-order valence-corrected chi connectivity index (χ2v) is 6.83. The molecular formula is C18H23FN4O2. The largest absolute Gasteiger partial charge is 0.345 e. The fraction of sp³-hybridized carbons (Fsp3) is 0.500. The number of piperidine rings is 1. The smallest absolute Gasteiger partial charge is 0.338 e. The number of amides is 1. The second-order valence-electron chi connectivity index (χ2n) is 6.83. The zero-order valence-corrected chi connectivity index (χ0v) is 14.8. The predicted molar refractivity (Wildman–Crippen MR) is 92.1 cm³/mol. The highest BCUT2D eigenvalue weighted by molar-refractivity contribution is 5.94. The maximum absolute atomic E-state index is 13.1. The number of carbonyl (C=O) groups excluding carboxylic acids is 1. The molecule has 6 nitrogen and oxygen atoms in total. The molecule has 1 atom stereocenters. The highest BCUT2D eigenvalue weighted by Crippen LogP contribution is 2.27. The van der Waals surface area contributed by atoms with Crippen LogP contribution in [0, 0.1) is 5.82 Å². The zero-order valence-electron chi connectivity index (χ0n) is 14.8. The predicted octanol–water partition coefficient (Wildman–Crippen LogP) is 2.32. The molecule has 0 bridgehead atoms. The molecule has 1 aromatic heterocycles. The first-order chi connectivity index (χ1) is 11.9. The van der Waals surface area contributed by atoms with Gasteiger partial charge in [-0.25, -0.2) is 13.9 Å². The molecule has 25 heavy (non-hydrogen) atoms. The van der Waals surface area contributed by atoms with Gasteiger partial charge in [0.25, 0.3) is 5.91 Å². The van der Waals surface area contributed by atoms with Gasteiger partial charge in [-0.2, -0.15) is 5.10 Å². The van der Waals surface area contributed by atoms with Gasteiger partial charge in [0.2, 0.25) is 0 Å². The molecule has 1 aromatic carbocycles. The van der Waals surface area contributed by atoms with E-state index in [9.17, 15) is 14.0 Å². The summed E-state index contributed by atoms with van der Waals surface area (Å²) in [5.74, 6) is 0.287. The summed E-state index contributed by atoms with van der Waals surface area (Å²) in [5, 5.41) is 4.41. The van der Waals surface area contributed by atoms with Crippen LogP contribution in [0.3, 0.4) is 0 Å². The van der Waals surface area contributed by atoms with Crippen molar-refractivity contribution in [2.45, 2.75) is 38.6 Å². The molecule has 2 aromatic rings. The second kappa shape index (κ2) is 6.82. The Bertz CT molecular complexity index is 823. The first kappa shape index (κ1) is 17.4. The lowest BCUT2D eigenvalue weighted by Gasteiger charge is -2.32. The fourth-order valence-corrected chi connectivity index (χ4v) is 3.41. The van der Waals surface area contributed by atoms with E-state index in [1.54, 1.807) is 16.5 Å². The van der Waals surface area contributed by atoms with Crippen LogP contribution in [-0.2, 0) is 7.05 Å². The minimum Gasteiger partial charge on any atom is -0.338 e. The number of carbonyl (C=O) groups is 1. The summed E-state index contributed by atoms with van der Waals surface area (Å²) in [7, 11) is 1.65. The maximum atomic E-state index is 13.1. The van der Waals surface area contributed by atoms with Crippen LogP contribution >= 0.6 is 0 Å². The number of likely N-dealkylation sites (tertiary alicyclic amines) is 1. The molecule has 2 heterocycles. The van der Waals surface area contributed by atoms with Gasteiger partial charge < -0.3 is 4.90 Å². The quantitative estimate of drug-likeness (QED) is 0.857. The number of hydrogen-bond donors (Lipinski definition) is 0. The Kier molecular flexibility index (Phi) is 4.74. The first-order valence-electron chi connectivity index (χ1n) is 8.58. The number of aromatic nitrogens is 3. The van der Waals surface area contributed by atoms with E-state index >= 15 is 0 Å². The molecule has 0 saturated carbocycles. The van der Waals surface area contributed by atoms with Crippen molar-refractivity contribution in [1.82, 2.24) is 19.2 Å². The molecule has 1 aliphatic heterocycles. The lowest BCUT2D eigenvalue weighted by atomic mass is 9.96. The van der Waals surface area contributed by atoms with E-state index in [2.05, 4.69) is 5.10 Å². The van der Waals surface area contributed by atoms with Crippen molar-refractivity contribution < 1.29 is 9.18 Å². The Morgan fingerprint density at radius 3 is 2.60 bits per heavy atom. The summed E-state index contributed by atoms with van der Waals surface area (Å²) in [6.07, 6.45) is 1.73. The van der Waals surface area contributed by atoms with Crippen molar-refractivity contribution in [3.05, 3.63) is 52.0 Å². The molecule has 3 rings (SSSR count). The van der Waals surface area contributed by atoms with E-state index in [0.29, 0.717) is 18.7 Å². The van der Waals surface area contributed by atoms with Gasteiger partial charge in [-0.1, -0.05) is 0 Å². The molecule has 1 fully saturated rings. The number of halogens is 1. The van der Waals surface area contributed by atoms with Crippen LogP contribution in [0.25, 0.3) is 0 Å². The van der Waals surface area contributed by atoms with Gasteiger partial charge in [0.05, 0.1) is 0 Å². The third-order valence-electron chi connectivity index (χ3n) is 4.66. The lowest BCUT2D eigenvalue weighted by Crippen LogP contribution is -2.40. The van der Waals surface area contributed by atoms with E-state index < -0.39 is 0 Å². The molecule has 1 saturated heterocycles. The van der Waals surface area contributed by atoms with E-state index in [1.165, 1.54) is 28.9 Å². The molecule has 1 amide bonds. The standard InChI is InChI=1S/C18H23FN4O2/c1-12(2)23-16(20-21(3)18(23)25)14-5-4-10-22(11-14)17(24)13-6-8-15(19)9-7-13/h6-9,12,14H,4-5,10-11H2,1-3H3. The van der Waals surface area contributed by atoms with Crippen LogP contribution in [0.4, 0.5) is 4.39 Å². The first-order valence-corrected chi connectivity index (χ1v) is 8.58. The molecule has 0 N–H and O–H groups in total. The minimum absolute atomic E-state index is 0.0133. The number of hydrogen-bond acceptors (Lipinski definition) is 3. The Morgan fingerprint density at radius 1 is 1.28 bits per heavy atom. The number of rotatable bonds is 3. The molecule has 134 valence electrons. The highest BCUT2D eigenvalue weighted by Gasteiger charge is 2.30. The summed E-state index contributed by atoms with van der Waals surface area (Å²) < 4.78 is 16.1. The van der Waals surface area contributed by atoms with E-state index in [0.717, 1.165) is 18.7 Å². The van der Waals surface area contributed by atoms with Crippen LogP contribution in [0.1, 0.15) is 54.8 Å². The van der Waals surface area contributed by atoms with Crippen molar-refractivity contribution in [2.24, 2.45) is 7.05 Å². The lowest BCUT2D eigenvalue weighted by molar-refractivity contribution is 0.0702. The minimum atomic E-state index is -0.359. The molecule has 0 radical (unpaired) electrons. The van der Waals surface area contributed by atoms with Crippen molar-refractivity contribution in [3.63, 3.8) is 0 Å². The summed E-state index contributed by atoms with van der Waals surface area (Å²) >= 11 is 0. The van der Waals surface area contributed by atoms with Gasteiger partial charge >= 0.3 is 5.69 Å². The van der Waals surface area contributed by atoms with Crippen molar-refractivity contribution >= 4 is 5.91 Å². The van der Waals surface area contributed by atoms with Crippen LogP contribution in [0.5, 0.6) is 0 Å². The Balaban J connectivity index is 1.84. The molecule has 0 aliphatic carbocycles. The van der Waals surface area contributed by atoms with E-state index in [-0.39, 0.29) is 29.4 Å². The van der Waals surface area contributed by atoms with Gasteiger partial charge in [0.1, 0.15) is 11.6 Å². The van der Waals surface area contributed by atoms with Gasteiger partial charge in [0, 0.05) is 37.7 Å². The molecule has 1 unspecified atom stereocenters. The number of nitrogens with zero attached hydrogens (tertiary/aromatic N) is 4. The van der Waals surface area contributed by atoms with Gasteiger partial charge in [0.15, 0.2) is 0 Å². The molecule has 0 spiro atoms. The van der Waals surface area contributed by atoms with Crippen molar-refractivity contribution in [3.8, 4) is 0 Å². The third-order valence-corrected chi connectivity index (χ3v) is 4.66. The van der Waals surface area contributed by atoms with Crippen LogP contribution in [-0.4, -0.2) is 38.2 Å². The summed E-state index contributed by atoms with van der Waals surface area (Å²) in [6, 6.07) is 5.62. The maximum Gasteiger partial charge on any atom is 0.345 e. The van der Waals surface area contributed by atoms with Crippen LogP contribution < -0.4 is 5.69 Å². The Hall–Kier alpha value is -2.44.